The van der Waals surface area contributed by atoms with Gasteiger partial charge in [0.2, 0.25) is 0 Å². The first-order valence-electron chi connectivity index (χ1n) is 6.85. The third kappa shape index (κ3) is 1.46. The van der Waals surface area contributed by atoms with Crippen molar-refractivity contribution in [1.29, 1.82) is 0 Å². The number of benzene rings is 3. The topological polar surface area (TPSA) is 0 Å². The molecule has 0 spiro atoms. The fourth-order valence-corrected chi connectivity index (χ4v) is 3.23. The van der Waals surface area contributed by atoms with Crippen molar-refractivity contribution in [2.24, 2.45) is 0 Å². The Hall–Kier alpha value is -2.08. The van der Waals surface area contributed by atoms with Crippen LogP contribution in [0.3, 0.4) is 0 Å². The van der Waals surface area contributed by atoms with Gasteiger partial charge >= 0.3 is 0 Å². The van der Waals surface area contributed by atoms with Crippen LogP contribution in [0.4, 0.5) is 0 Å². The summed E-state index contributed by atoms with van der Waals surface area (Å²) in [5.41, 5.74) is 8.71. The monoisotopic (exact) mass is 244 g/mol. The van der Waals surface area contributed by atoms with E-state index in [1.165, 1.54) is 44.2 Å². The van der Waals surface area contributed by atoms with Crippen molar-refractivity contribution in [2.75, 3.05) is 0 Å². The summed E-state index contributed by atoms with van der Waals surface area (Å²) in [5.74, 6) is 0. The Morgan fingerprint density at radius 2 is 1.53 bits per heavy atom. The predicted octanol–water partition coefficient (Wildman–Crippen LogP) is 5.03. The molecule has 0 saturated heterocycles. The van der Waals surface area contributed by atoms with E-state index >= 15 is 0 Å². The molecular weight excluding hydrogens is 228 g/mol. The van der Waals surface area contributed by atoms with E-state index in [1.807, 2.05) is 0 Å². The minimum atomic E-state index is 1.09. The van der Waals surface area contributed by atoms with Crippen LogP contribution in [0.5, 0.6) is 0 Å². The summed E-state index contributed by atoms with van der Waals surface area (Å²) in [6, 6.07) is 17.9. The van der Waals surface area contributed by atoms with Gasteiger partial charge in [-0.05, 0) is 70.5 Å². The molecule has 1 aliphatic rings. The van der Waals surface area contributed by atoms with Crippen molar-refractivity contribution in [2.45, 2.75) is 20.3 Å². The highest BCUT2D eigenvalue weighted by Crippen LogP contribution is 2.40. The van der Waals surface area contributed by atoms with Crippen molar-refractivity contribution < 1.29 is 0 Å². The van der Waals surface area contributed by atoms with E-state index < -0.39 is 0 Å². The van der Waals surface area contributed by atoms with Gasteiger partial charge in [-0.25, -0.2) is 0 Å². The van der Waals surface area contributed by atoms with Crippen LogP contribution in [0.2, 0.25) is 0 Å². The van der Waals surface area contributed by atoms with Crippen molar-refractivity contribution >= 4 is 10.8 Å². The molecule has 0 fully saturated rings. The maximum Gasteiger partial charge on any atom is -0.00105 e. The van der Waals surface area contributed by atoms with Crippen LogP contribution < -0.4 is 0 Å². The average molecular weight is 244 g/mol. The Labute approximate surface area is 113 Å². The third-order valence-electron chi connectivity index (χ3n) is 4.50. The van der Waals surface area contributed by atoms with Crippen molar-refractivity contribution in [3.05, 3.63) is 70.8 Å². The number of aryl methyl sites for hydroxylation is 1. The minimum absolute atomic E-state index is 1.09. The van der Waals surface area contributed by atoms with Gasteiger partial charge in [-0.15, -0.1) is 0 Å². The van der Waals surface area contributed by atoms with Gasteiger partial charge in [0.15, 0.2) is 0 Å². The van der Waals surface area contributed by atoms with Gasteiger partial charge in [-0.3, -0.25) is 0 Å². The Bertz CT molecular complexity index is 810. The molecule has 0 aromatic heterocycles. The fraction of sp³-hybridized carbons (Fsp3) is 0.158. The molecule has 0 heteroatoms. The van der Waals surface area contributed by atoms with Crippen LogP contribution in [0.15, 0.2) is 48.5 Å². The lowest BCUT2D eigenvalue weighted by atomic mass is 9.97. The number of rotatable bonds is 0. The van der Waals surface area contributed by atoms with Crippen LogP contribution in [0.1, 0.15) is 22.3 Å². The lowest BCUT2D eigenvalue weighted by molar-refractivity contribution is 1.19. The molecule has 19 heavy (non-hydrogen) atoms. The highest BCUT2D eigenvalue weighted by atomic mass is 14.2. The molecule has 0 nitrogen and oxygen atoms in total. The molecule has 4 rings (SSSR count). The van der Waals surface area contributed by atoms with Gasteiger partial charge in [-0.2, -0.15) is 0 Å². The molecular formula is C19H16. The lowest BCUT2D eigenvalue weighted by Crippen LogP contribution is -1.89. The van der Waals surface area contributed by atoms with Gasteiger partial charge in [-0.1, -0.05) is 42.5 Å². The zero-order valence-electron chi connectivity index (χ0n) is 11.3. The Kier molecular flexibility index (Phi) is 2.11. The highest BCUT2D eigenvalue weighted by molar-refractivity contribution is 5.92. The smallest absolute Gasteiger partial charge is 0.00105 e. The van der Waals surface area contributed by atoms with E-state index in [2.05, 4.69) is 62.4 Å². The number of hydrogen-bond donors (Lipinski definition) is 0. The van der Waals surface area contributed by atoms with Crippen LogP contribution in [-0.4, -0.2) is 0 Å². The van der Waals surface area contributed by atoms with Crippen LogP contribution in [-0.2, 0) is 6.42 Å². The highest BCUT2D eigenvalue weighted by Gasteiger charge is 2.20. The van der Waals surface area contributed by atoms with Gasteiger partial charge in [0, 0.05) is 0 Å². The molecule has 92 valence electrons. The lowest BCUT2D eigenvalue weighted by Gasteiger charge is -2.07. The largest absolute Gasteiger partial charge is 0.0616 e. The summed E-state index contributed by atoms with van der Waals surface area (Å²) in [6.45, 7) is 4.45. The van der Waals surface area contributed by atoms with Gasteiger partial charge in [0.25, 0.3) is 0 Å². The average Bonchev–Trinajstić information content (AvgIpc) is 2.79. The Morgan fingerprint density at radius 3 is 2.32 bits per heavy atom. The normalized spacial score (nSPS) is 12.5. The van der Waals surface area contributed by atoms with E-state index in [9.17, 15) is 0 Å². The molecule has 3 aromatic rings. The van der Waals surface area contributed by atoms with Crippen LogP contribution >= 0.6 is 0 Å². The second-order valence-corrected chi connectivity index (χ2v) is 5.57. The maximum atomic E-state index is 2.36. The quantitative estimate of drug-likeness (QED) is 0.407. The zero-order chi connectivity index (χ0) is 13.0. The molecule has 0 saturated carbocycles. The summed E-state index contributed by atoms with van der Waals surface area (Å²) in [4.78, 5) is 0. The molecule has 0 N–H and O–H groups in total. The molecule has 0 radical (unpaired) electrons. The van der Waals surface area contributed by atoms with Crippen molar-refractivity contribution in [1.82, 2.24) is 0 Å². The van der Waals surface area contributed by atoms with E-state index in [-0.39, 0.29) is 0 Å². The first-order valence-corrected chi connectivity index (χ1v) is 6.85. The van der Waals surface area contributed by atoms with Crippen molar-refractivity contribution in [3.8, 4) is 11.1 Å². The SMILES string of the molecule is Cc1ccc2c(c1C)Cc1cc3ccccc3cc1-2. The summed E-state index contributed by atoms with van der Waals surface area (Å²) < 4.78 is 0. The number of fused-ring (bicyclic) bond motifs is 4. The Morgan fingerprint density at radius 1 is 0.789 bits per heavy atom. The standard InChI is InChI=1S/C19H16/c1-12-7-8-17-18(13(12)2)11-16-9-14-5-3-4-6-15(14)10-19(16)17/h3-10H,11H2,1-2H3. The maximum absolute atomic E-state index is 2.36. The van der Waals surface area contributed by atoms with Gasteiger partial charge in [0.05, 0.1) is 0 Å². The number of hydrogen-bond acceptors (Lipinski definition) is 0. The summed E-state index contributed by atoms with van der Waals surface area (Å²) in [5, 5.41) is 2.69. The first-order chi connectivity index (χ1) is 9.24. The molecule has 0 amide bonds. The molecule has 0 heterocycles. The molecule has 0 atom stereocenters. The molecule has 3 aromatic carbocycles. The van der Waals surface area contributed by atoms with Crippen LogP contribution in [0, 0.1) is 13.8 Å². The van der Waals surface area contributed by atoms with E-state index in [4.69, 9.17) is 0 Å². The zero-order valence-corrected chi connectivity index (χ0v) is 11.3. The molecule has 0 aliphatic heterocycles. The third-order valence-corrected chi connectivity index (χ3v) is 4.50. The van der Waals surface area contributed by atoms with E-state index in [0.29, 0.717) is 0 Å². The fourth-order valence-electron chi connectivity index (χ4n) is 3.23. The molecule has 0 bridgehead atoms. The summed E-state index contributed by atoms with van der Waals surface area (Å²) in [7, 11) is 0. The van der Waals surface area contributed by atoms with Crippen LogP contribution in [0.25, 0.3) is 21.9 Å². The Balaban J connectivity index is 2.04. The van der Waals surface area contributed by atoms with Gasteiger partial charge < -0.3 is 0 Å². The second-order valence-electron chi connectivity index (χ2n) is 5.57. The van der Waals surface area contributed by atoms with Crippen molar-refractivity contribution in [3.63, 3.8) is 0 Å². The van der Waals surface area contributed by atoms with E-state index in [1.54, 1.807) is 0 Å². The van der Waals surface area contributed by atoms with E-state index in [0.717, 1.165) is 6.42 Å². The van der Waals surface area contributed by atoms with Gasteiger partial charge in [0.1, 0.15) is 0 Å². The minimum Gasteiger partial charge on any atom is -0.0616 e. The predicted molar refractivity (Wildman–Crippen MR) is 81.7 cm³/mol. The molecule has 0 unspecified atom stereocenters. The molecule has 1 aliphatic carbocycles. The summed E-state index contributed by atoms with van der Waals surface area (Å²) >= 11 is 0. The second kappa shape index (κ2) is 3.71. The summed E-state index contributed by atoms with van der Waals surface area (Å²) in [6.07, 6.45) is 1.09. The first kappa shape index (κ1) is 10.8.